The van der Waals surface area contributed by atoms with Crippen LogP contribution in [0.3, 0.4) is 0 Å². The Balaban J connectivity index is 0.000000717. The first-order chi connectivity index (χ1) is 13.4. The number of rotatable bonds is 3. The summed E-state index contributed by atoms with van der Waals surface area (Å²) in [6.07, 6.45) is 4.48. The predicted molar refractivity (Wildman–Crippen MR) is 128 cm³/mol. The molecule has 1 heterocycles. The highest BCUT2D eigenvalue weighted by Gasteiger charge is 2.21. The van der Waals surface area contributed by atoms with E-state index in [-0.39, 0.29) is 0 Å². The topological polar surface area (TPSA) is 12.9 Å². The summed E-state index contributed by atoms with van der Waals surface area (Å²) in [6, 6.07) is 10.0. The molecule has 0 radical (unpaired) electrons. The van der Waals surface area contributed by atoms with Crippen molar-refractivity contribution >= 4 is 39.9 Å². The summed E-state index contributed by atoms with van der Waals surface area (Å²) in [5, 5.41) is 1.43. The van der Waals surface area contributed by atoms with Crippen LogP contribution in [0.4, 0.5) is 0 Å². The summed E-state index contributed by atoms with van der Waals surface area (Å²) in [4.78, 5) is 4.76. The highest BCUT2D eigenvalue weighted by Crippen LogP contribution is 2.41. The molecule has 3 rings (SSSR count). The first-order valence-corrected chi connectivity index (χ1v) is 11.0. The first-order valence-electron chi connectivity index (χ1n) is 10.2. The molecular weight excluding hydrogens is 385 g/mol. The van der Waals surface area contributed by atoms with Crippen LogP contribution in [-0.4, -0.2) is 4.98 Å². The highest BCUT2D eigenvalue weighted by atomic mass is 35.5. The molecule has 0 bridgehead atoms. The van der Waals surface area contributed by atoms with Gasteiger partial charge in [0.2, 0.25) is 0 Å². The van der Waals surface area contributed by atoms with Crippen LogP contribution < -0.4 is 0 Å². The van der Waals surface area contributed by atoms with E-state index in [1.54, 1.807) is 0 Å². The van der Waals surface area contributed by atoms with E-state index < -0.39 is 0 Å². The minimum Gasteiger partial charge on any atom is -0.247 e. The van der Waals surface area contributed by atoms with Crippen molar-refractivity contribution in [2.75, 3.05) is 0 Å². The van der Waals surface area contributed by atoms with E-state index in [1.165, 1.54) is 28.7 Å². The molecule has 0 saturated carbocycles. The number of hydrogen-bond acceptors (Lipinski definition) is 1. The van der Waals surface area contributed by atoms with Crippen molar-refractivity contribution in [3.63, 3.8) is 0 Å². The standard InChI is InChI=1S/C20H19Cl2N.C3H8.C2H6/c1-12(2)20-18(22)9-10-19(23-20)16-6-4-5-15(16)17-11-14(21)8-7-13(17)3;1-3-2;1-2/h7-11H,1,4-6H2,2-3H3;3H2,1-2H3;1-2H3. The number of nitrogens with zero attached hydrogens (tertiary/aromatic N) is 1. The van der Waals surface area contributed by atoms with E-state index in [4.69, 9.17) is 28.2 Å². The lowest BCUT2D eigenvalue weighted by atomic mass is 9.96. The Morgan fingerprint density at radius 2 is 1.64 bits per heavy atom. The van der Waals surface area contributed by atoms with Crippen LogP contribution in [-0.2, 0) is 0 Å². The molecule has 0 fully saturated rings. The fourth-order valence-corrected chi connectivity index (χ4v) is 3.59. The van der Waals surface area contributed by atoms with Gasteiger partial charge in [-0.2, -0.15) is 0 Å². The third kappa shape index (κ3) is 6.22. The molecule has 1 aliphatic carbocycles. The Labute approximate surface area is 181 Å². The van der Waals surface area contributed by atoms with Crippen molar-refractivity contribution in [3.05, 3.63) is 69.5 Å². The smallest absolute Gasteiger partial charge is 0.0846 e. The van der Waals surface area contributed by atoms with Crippen LogP contribution in [0.2, 0.25) is 10.0 Å². The average Bonchev–Trinajstić information content (AvgIpc) is 3.15. The van der Waals surface area contributed by atoms with E-state index >= 15 is 0 Å². The van der Waals surface area contributed by atoms with Gasteiger partial charge < -0.3 is 0 Å². The van der Waals surface area contributed by atoms with Gasteiger partial charge in [-0.25, -0.2) is 4.98 Å². The summed E-state index contributed by atoms with van der Waals surface area (Å²) >= 11 is 12.4. The van der Waals surface area contributed by atoms with Crippen molar-refractivity contribution in [1.82, 2.24) is 4.98 Å². The maximum atomic E-state index is 6.24. The Morgan fingerprint density at radius 3 is 2.25 bits per heavy atom. The Bertz CT molecular complexity index is 834. The zero-order chi connectivity index (χ0) is 21.3. The fourth-order valence-electron chi connectivity index (χ4n) is 3.15. The molecule has 1 aromatic carbocycles. The first kappa shape index (κ1) is 24.5. The second-order valence-corrected chi connectivity index (χ2v) is 7.63. The molecule has 28 heavy (non-hydrogen) atoms. The third-order valence-electron chi connectivity index (χ3n) is 4.30. The molecule has 1 aromatic heterocycles. The molecule has 152 valence electrons. The molecule has 0 atom stereocenters. The summed E-state index contributed by atoms with van der Waals surface area (Å²) in [5.41, 5.74) is 7.81. The summed E-state index contributed by atoms with van der Waals surface area (Å²) in [6.45, 7) is 16.3. The molecule has 1 aliphatic rings. The van der Waals surface area contributed by atoms with Crippen LogP contribution in [0.1, 0.15) is 82.8 Å². The van der Waals surface area contributed by atoms with E-state index in [2.05, 4.69) is 39.5 Å². The third-order valence-corrected chi connectivity index (χ3v) is 4.84. The summed E-state index contributed by atoms with van der Waals surface area (Å²) < 4.78 is 0. The number of halogens is 2. The van der Waals surface area contributed by atoms with Gasteiger partial charge in [-0.05, 0) is 85.2 Å². The number of pyridine rings is 1. The van der Waals surface area contributed by atoms with Crippen LogP contribution in [0.25, 0.3) is 16.7 Å². The summed E-state index contributed by atoms with van der Waals surface area (Å²) in [7, 11) is 0. The summed E-state index contributed by atoms with van der Waals surface area (Å²) in [5.74, 6) is 0. The van der Waals surface area contributed by atoms with Crippen LogP contribution in [0.15, 0.2) is 36.9 Å². The predicted octanol–water partition coefficient (Wildman–Crippen LogP) is 9.27. The van der Waals surface area contributed by atoms with E-state index in [0.717, 1.165) is 41.2 Å². The quantitative estimate of drug-likeness (QED) is 0.484. The molecule has 0 saturated heterocycles. The molecular formula is C25H33Cl2N. The molecule has 0 amide bonds. The Kier molecular flexibility index (Phi) is 10.6. The molecule has 0 N–H and O–H groups in total. The molecule has 0 unspecified atom stereocenters. The lowest BCUT2D eigenvalue weighted by Gasteiger charge is -2.12. The van der Waals surface area contributed by atoms with Gasteiger partial charge in [0.15, 0.2) is 0 Å². The second-order valence-electron chi connectivity index (χ2n) is 6.78. The van der Waals surface area contributed by atoms with Gasteiger partial charge in [0.25, 0.3) is 0 Å². The average molecular weight is 418 g/mol. The second kappa shape index (κ2) is 12.1. The maximum absolute atomic E-state index is 6.24. The Hall–Kier alpha value is -1.57. The zero-order valence-electron chi connectivity index (χ0n) is 18.1. The van der Waals surface area contributed by atoms with E-state index in [9.17, 15) is 0 Å². The van der Waals surface area contributed by atoms with Gasteiger partial charge in [0.1, 0.15) is 0 Å². The van der Waals surface area contributed by atoms with Gasteiger partial charge in [-0.15, -0.1) is 0 Å². The lowest BCUT2D eigenvalue weighted by molar-refractivity contribution is 0.938. The van der Waals surface area contributed by atoms with Gasteiger partial charge >= 0.3 is 0 Å². The van der Waals surface area contributed by atoms with Crippen molar-refractivity contribution in [2.45, 2.75) is 67.2 Å². The minimum absolute atomic E-state index is 0.653. The highest BCUT2D eigenvalue weighted by molar-refractivity contribution is 6.32. The number of aryl methyl sites for hydroxylation is 1. The number of hydrogen-bond donors (Lipinski definition) is 0. The molecule has 0 spiro atoms. The van der Waals surface area contributed by atoms with Crippen molar-refractivity contribution in [3.8, 4) is 0 Å². The van der Waals surface area contributed by atoms with Crippen LogP contribution in [0.5, 0.6) is 0 Å². The van der Waals surface area contributed by atoms with Crippen molar-refractivity contribution in [1.29, 1.82) is 0 Å². The SMILES string of the molecule is C=C(C)c1nc(C2=C(c3cc(Cl)ccc3C)CCC2)ccc1Cl.CC.CCC. The van der Waals surface area contributed by atoms with Gasteiger partial charge in [0, 0.05) is 5.02 Å². The van der Waals surface area contributed by atoms with E-state index in [1.807, 2.05) is 39.0 Å². The molecule has 0 aliphatic heterocycles. The normalized spacial score (nSPS) is 12.7. The van der Waals surface area contributed by atoms with Crippen LogP contribution in [0, 0.1) is 6.92 Å². The van der Waals surface area contributed by atoms with Crippen molar-refractivity contribution in [2.24, 2.45) is 0 Å². The number of benzene rings is 1. The largest absolute Gasteiger partial charge is 0.247 e. The van der Waals surface area contributed by atoms with Crippen molar-refractivity contribution < 1.29 is 0 Å². The zero-order valence-corrected chi connectivity index (χ0v) is 19.6. The maximum Gasteiger partial charge on any atom is 0.0846 e. The fraction of sp³-hybridized carbons (Fsp3) is 0.400. The molecule has 1 nitrogen and oxygen atoms in total. The molecule has 3 heteroatoms. The van der Waals surface area contributed by atoms with Gasteiger partial charge in [-0.3, -0.25) is 0 Å². The Morgan fingerprint density at radius 1 is 1.04 bits per heavy atom. The lowest BCUT2D eigenvalue weighted by Crippen LogP contribution is -1.96. The van der Waals surface area contributed by atoms with Gasteiger partial charge in [-0.1, -0.05) is 70.0 Å². The van der Waals surface area contributed by atoms with Crippen LogP contribution >= 0.6 is 23.2 Å². The number of allylic oxidation sites excluding steroid dienone is 3. The number of aromatic nitrogens is 1. The van der Waals surface area contributed by atoms with E-state index in [0.29, 0.717) is 5.02 Å². The monoisotopic (exact) mass is 417 g/mol. The minimum atomic E-state index is 0.653. The van der Waals surface area contributed by atoms with Gasteiger partial charge in [0.05, 0.1) is 16.4 Å². The molecule has 2 aromatic rings.